The second kappa shape index (κ2) is 10.0. The Morgan fingerprint density at radius 3 is 2.57 bits per heavy atom. The summed E-state index contributed by atoms with van der Waals surface area (Å²) in [4.78, 5) is 0. The number of ether oxygens (including phenoxy) is 2. The van der Waals surface area contributed by atoms with E-state index in [1.54, 1.807) is 12.1 Å². The molecule has 0 spiro atoms. The highest BCUT2D eigenvalue weighted by Gasteiger charge is 2.15. The monoisotopic (exact) mass is 315 g/mol. The third-order valence-electron chi connectivity index (χ3n) is 3.19. The lowest BCUT2D eigenvalue weighted by Gasteiger charge is -2.24. The molecule has 0 amide bonds. The Labute approximate surface area is 132 Å². The Kier molecular flexibility index (Phi) is 8.69. The van der Waals surface area contributed by atoms with Crippen molar-refractivity contribution in [2.24, 2.45) is 5.92 Å². The normalized spacial score (nSPS) is 14.2. The van der Waals surface area contributed by atoms with Gasteiger partial charge in [0.05, 0.1) is 11.6 Å². The molecule has 1 rings (SSSR count). The summed E-state index contributed by atoms with van der Waals surface area (Å²) < 4.78 is 11.0. The molecular weight excluding hydrogens is 290 g/mol. The Bertz CT molecular complexity index is 401. The molecule has 0 aliphatic carbocycles. The van der Waals surface area contributed by atoms with Crippen LogP contribution in [-0.2, 0) is 4.74 Å². The van der Waals surface area contributed by atoms with Crippen molar-refractivity contribution in [2.75, 3.05) is 26.4 Å². The first-order valence-corrected chi connectivity index (χ1v) is 7.78. The minimum Gasteiger partial charge on any atom is -0.489 e. The number of nitrogens with one attached hydrogen (secondary N) is 1. The number of hydrogen-bond acceptors (Lipinski definition) is 4. The zero-order chi connectivity index (χ0) is 15.7. The number of hydrogen-bond donors (Lipinski definition) is 2. The van der Waals surface area contributed by atoms with Gasteiger partial charge in [-0.15, -0.1) is 0 Å². The van der Waals surface area contributed by atoms with Crippen LogP contribution in [-0.4, -0.2) is 43.6 Å². The Balaban J connectivity index is 2.32. The van der Waals surface area contributed by atoms with Crippen LogP contribution < -0.4 is 10.1 Å². The highest BCUT2D eigenvalue weighted by Crippen LogP contribution is 2.23. The number of para-hydroxylation sites is 1. The van der Waals surface area contributed by atoms with Crippen molar-refractivity contribution in [3.63, 3.8) is 0 Å². The van der Waals surface area contributed by atoms with Gasteiger partial charge >= 0.3 is 0 Å². The van der Waals surface area contributed by atoms with Gasteiger partial charge in [-0.25, -0.2) is 0 Å². The molecule has 2 unspecified atom stereocenters. The first-order valence-electron chi connectivity index (χ1n) is 7.41. The summed E-state index contributed by atoms with van der Waals surface area (Å²) in [6.45, 7) is 8.24. The second-order valence-corrected chi connectivity index (χ2v) is 5.72. The minimum atomic E-state index is -0.593. The van der Waals surface area contributed by atoms with Crippen molar-refractivity contribution in [3.05, 3.63) is 29.3 Å². The van der Waals surface area contributed by atoms with Crippen LogP contribution in [0.2, 0.25) is 5.02 Å². The average Bonchev–Trinajstić information content (AvgIpc) is 2.46. The fourth-order valence-corrected chi connectivity index (χ4v) is 2.02. The van der Waals surface area contributed by atoms with Gasteiger partial charge < -0.3 is 19.9 Å². The van der Waals surface area contributed by atoms with Crippen molar-refractivity contribution in [3.8, 4) is 5.75 Å². The van der Waals surface area contributed by atoms with E-state index in [2.05, 4.69) is 19.2 Å². The molecule has 2 N–H and O–H groups in total. The maximum absolute atomic E-state index is 9.99. The highest BCUT2D eigenvalue weighted by molar-refractivity contribution is 6.32. The summed E-state index contributed by atoms with van der Waals surface area (Å²) in [7, 11) is 0. The zero-order valence-corrected chi connectivity index (χ0v) is 13.8. The maximum Gasteiger partial charge on any atom is 0.138 e. The van der Waals surface area contributed by atoms with Crippen LogP contribution in [0, 0.1) is 5.92 Å². The number of aliphatic hydroxyl groups excluding tert-OH is 1. The van der Waals surface area contributed by atoms with Crippen molar-refractivity contribution in [2.45, 2.75) is 32.9 Å². The lowest BCUT2D eigenvalue weighted by atomic mass is 10.1. The fourth-order valence-electron chi connectivity index (χ4n) is 1.83. The molecular formula is C16H26ClNO3. The van der Waals surface area contributed by atoms with Crippen LogP contribution in [0.3, 0.4) is 0 Å². The van der Waals surface area contributed by atoms with Gasteiger partial charge in [0.15, 0.2) is 0 Å². The highest BCUT2D eigenvalue weighted by atomic mass is 35.5. The Morgan fingerprint density at radius 2 is 1.95 bits per heavy atom. The van der Waals surface area contributed by atoms with E-state index in [-0.39, 0.29) is 12.6 Å². The number of benzene rings is 1. The van der Waals surface area contributed by atoms with E-state index >= 15 is 0 Å². The molecule has 5 heteroatoms. The van der Waals surface area contributed by atoms with Gasteiger partial charge in [-0.2, -0.15) is 0 Å². The summed E-state index contributed by atoms with van der Waals surface area (Å²) in [5.41, 5.74) is 0. The average molecular weight is 316 g/mol. The molecule has 0 heterocycles. The third kappa shape index (κ3) is 7.14. The summed E-state index contributed by atoms with van der Waals surface area (Å²) in [6, 6.07) is 7.46. The van der Waals surface area contributed by atoms with Crippen LogP contribution in [0.25, 0.3) is 0 Å². The molecule has 0 bridgehead atoms. The van der Waals surface area contributed by atoms with E-state index in [1.165, 1.54) is 0 Å². The predicted molar refractivity (Wildman–Crippen MR) is 86.1 cm³/mol. The molecule has 4 nitrogen and oxygen atoms in total. The molecule has 2 atom stereocenters. The lowest BCUT2D eigenvalue weighted by molar-refractivity contribution is 0.0799. The van der Waals surface area contributed by atoms with E-state index in [1.807, 2.05) is 19.1 Å². The SMILES string of the molecule is CCOCC(NCC(O)COc1ccccc1Cl)C(C)C. The van der Waals surface area contributed by atoms with Crippen molar-refractivity contribution in [1.82, 2.24) is 5.32 Å². The van der Waals surface area contributed by atoms with Crippen LogP contribution in [0.1, 0.15) is 20.8 Å². The smallest absolute Gasteiger partial charge is 0.138 e. The van der Waals surface area contributed by atoms with E-state index in [0.717, 1.165) is 0 Å². The predicted octanol–water partition coefficient (Wildman–Crippen LogP) is 2.73. The first kappa shape index (κ1) is 18.2. The fraction of sp³-hybridized carbons (Fsp3) is 0.625. The molecule has 0 saturated heterocycles. The molecule has 0 radical (unpaired) electrons. The van der Waals surface area contributed by atoms with Gasteiger partial charge in [-0.3, -0.25) is 0 Å². The largest absolute Gasteiger partial charge is 0.489 e. The Hall–Kier alpha value is -0.810. The molecule has 0 saturated carbocycles. The van der Waals surface area contributed by atoms with Crippen molar-refractivity contribution < 1.29 is 14.6 Å². The van der Waals surface area contributed by atoms with E-state index in [9.17, 15) is 5.11 Å². The summed E-state index contributed by atoms with van der Waals surface area (Å²) >= 11 is 6.00. The summed E-state index contributed by atoms with van der Waals surface area (Å²) in [6.07, 6.45) is -0.593. The molecule has 0 fully saturated rings. The third-order valence-corrected chi connectivity index (χ3v) is 3.50. The molecule has 1 aromatic rings. The standard InChI is InChI=1S/C16H26ClNO3/c1-4-20-11-15(12(2)3)18-9-13(19)10-21-16-8-6-5-7-14(16)17/h5-8,12-13,15,18-19H,4,9-11H2,1-3H3. The van der Waals surface area contributed by atoms with E-state index in [0.29, 0.717) is 36.4 Å². The topological polar surface area (TPSA) is 50.7 Å². The Morgan fingerprint density at radius 1 is 1.24 bits per heavy atom. The summed E-state index contributed by atoms with van der Waals surface area (Å²) in [5, 5.41) is 13.9. The molecule has 0 aromatic heterocycles. The number of rotatable bonds is 10. The van der Waals surface area contributed by atoms with E-state index in [4.69, 9.17) is 21.1 Å². The first-order chi connectivity index (χ1) is 10.0. The van der Waals surface area contributed by atoms with Crippen LogP contribution >= 0.6 is 11.6 Å². The van der Waals surface area contributed by atoms with Crippen LogP contribution in [0.15, 0.2) is 24.3 Å². The van der Waals surface area contributed by atoms with Gasteiger partial charge in [0, 0.05) is 19.2 Å². The van der Waals surface area contributed by atoms with Crippen molar-refractivity contribution in [1.29, 1.82) is 0 Å². The van der Waals surface area contributed by atoms with Crippen molar-refractivity contribution >= 4 is 11.6 Å². The van der Waals surface area contributed by atoms with E-state index < -0.39 is 6.10 Å². The zero-order valence-electron chi connectivity index (χ0n) is 13.0. The van der Waals surface area contributed by atoms with Gasteiger partial charge in [0.2, 0.25) is 0 Å². The number of halogens is 1. The second-order valence-electron chi connectivity index (χ2n) is 5.31. The van der Waals surface area contributed by atoms with Gasteiger partial charge in [-0.05, 0) is 25.0 Å². The molecule has 1 aromatic carbocycles. The summed E-state index contributed by atoms with van der Waals surface area (Å²) in [5.74, 6) is 1.03. The minimum absolute atomic E-state index is 0.205. The number of aliphatic hydroxyl groups is 1. The quantitative estimate of drug-likeness (QED) is 0.697. The molecule has 0 aliphatic rings. The maximum atomic E-state index is 9.99. The van der Waals surface area contributed by atoms with Gasteiger partial charge in [0.25, 0.3) is 0 Å². The van der Waals surface area contributed by atoms with Crippen LogP contribution in [0.5, 0.6) is 5.75 Å². The molecule has 0 aliphatic heterocycles. The van der Waals surface area contributed by atoms with Crippen LogP contribution in [0.4, 0.5) is 0 Å². The van der Waals surface area contributed by atoms with Gasteiger partial charge in [-0.1, -0.05) is 37.6 Å². The molecule has 120 valence electrons. The molecule has 21 heavy (non-hydrogen) atoms. The lowest BCUT2D eigenvalue weighted by Crippen LogP contribution is -2.43. The van der Waals surface area contributed by atoms with Gasteiger partial charge in [0.1, 0.15) is 18.5 Å².